The van der Waals surface area contributed by atoms with Gasteiger partial charge in [0.1, 0.15) is 11.5 Å². The Bertz CT molecular complexity index is 852. The molecule has 0 aliphatic carbocycles. The topological polar surface area (TPSA) is 75.6 Å². The molecule has 0 atom stereocenters. The summed E-state index contributed by atoms with van der Waals surface area (Å²) in [7, 11) is 0. The summed E-state index contributed by atoms with van der Waals surface area (Å²) < 4.78 is 17.3. The fraction of sp³-hybridized carbons (Fsp3) is 0.524. The van der Waals surface area contributed by atoms with Crippen LogP contribution in [0.15, 0.2) is 28.2 Å². The second kappa shape index (κ2) is 9.61. The van der Waals surface area contributed by atoms with Gasteiger partial charge < -0.3 is 29.3 Å². The smallest absolute Gasteiger partial charge is 0.230 e. The summed E-state index contributed by atoms with van der Waals surface area (Å²) in [6, 6.07) is 3.84. The molecule has 0 unspecified atom stereocenters. The fourth-order valence-electron chi connectivity index (χ4n) is 3.72. The van der Waals surface area contributed by atoms with Gasteiger partial charge in [-0.2, -0.15) is 0 Å². The number of ether oxygens (including phenoxy) is 3. The van der Waals surface area contributed by atoms with Crippen molar-refractivity contribution in [3.63, 3.8) is 0 Å². The first-order valence-corrected chi connectivity index (χ1v) is 11.3. The molecule has 1 aromatic rings. The van der Waals surface area contributed by atoms with E-state index in [1.54, 1.807) is 11.8 Å². The van der Waals surface area contributed by atoms with E-state index >= 15 is 0 Å². The average molecular weight is 433 g/mol. The molecule has 3 aliphatic heterocycles. The molecule has 4 rings (SSSR count). The van der Waals surface area contributed by atoms with Crippen molar-refractivity contribution in [2.24, 2.45) is 4.99 Å². The Morgan fingerprint density at radius 1 is 1.17 bits per heavy atom. The molecule has 3 heterocycles. The minimum atomic E-state index is -0.0856. The van der Waals surface area contributed by atoms with Crippen molar-refractivity contribution in [1.82, 2.24) is 4.90 Å². The van der Waals surface area contributed by atoms with Gasteiger partial charge in [0.15, 0.2) is 5.17 Å². The van der Waals surface area contributed by atoms with E-state index in [9.17, 15) is 4.79 Å². The largest absolute Gasteiger partial charge is 0.492 e. The summed E-state index contributed by atoms with van der Waals surface area (Å²) in [6.45, 7) is 9.53. The lowest BCUT2D eigenvalue weighted by molar-refractivity contribution is -0.115. The van der Waals surface area contributed by atoms with E-state index in [4.69, 9.17) is 14.2 Å². The number of aliphatic imine (C=N–C) groups is 1. The number of rotatable bonds is 8. The molecular formula is C21H28N4O4S. The van der Waals surface area contributed by atoms with Gasteiger partial charge in [-0.15, -0.1) is 0 Å². The number of nitrogens with zero attached hydrogens (tertiary/aromatic N) is 3. The molecule has 30 heavy (non-hydrogen) atoms. The molecule has 1 fully saturated rings. The van der Waals surface area contributed by atoms with Gasteiger partial charge in [-0.25, -0.2) is 0 Å². The summed E-state index contributed by atoms with van der Waals surface area (Å²) in [5, 5.41) is 6.02. The number of benzene rings is 1. The molecule has 1 amide bonds. The molecule has 0 radical (unpaired) electrons. The Hall–Kier alpha value is -2.39. The van der Waals surface area contributed by atoms with Crippen molar-refractivity contribution in [2.75, 3.05) is 62.8 Å². The van der Waals surface area contributed by atoms with Crippen LogP contribution in [0.4, 0.5) is 11.4 Å². The standard InChI is InChI=1S/C21H28N4O4S/c1-3-28-18-13-17(24-7-9-27-10-8-24)19(29-4-2)12-16(18)23-20(26)11-15-14-30-21-22-5-6-25(15)21/h12-14H,3-11H2,1-2H3,(H,23,26). The highest BCUT2D eigenvalue weighted by Crippen LogP contribution is 2.40. The Balaban J connectivity index is 1.54. The molecule has 0 bridgehead atoms. The number of morpholine rings is 1. The van der Waals surface area contributed by atoms with Crippen molar-refractivity contribution in [2.45, 2.75) is 20.3 Å². The lowest BCUT2D eigenvalue weighted by Crippen LogP contribution is -2.36. The lowest BCUT2D eigenvalue weighted by atomic mass is 10.2. The number of carbonyl (C=O) groups excluding carboxylic acids is 1. The molecular weight excluding hydrogens is 404 g/mol. The van der Waals surface area contributed by atoms with Gasteiger partial charge in [0, 0.05) is 37.5 Å². The maximum Gasteiger partial charge on any atom is 0.230 e. The van der Waals surface area contributed by atoms with Gasteiger partial charge in [-0.05, 0) is 19.3 Å². The Morgan fingerprint density at radius 2 is 1.93 bits per heavy atom. The molecule has 8 nitrogen and oxygen atoms in total. The Kier molecular flexibility index (Phi) is 6.69. The quantitative estimate of drug-likeness (QED) is 0.677. The van der Waals surface area contributed by atoms with E-state index in [1.165, 1.54) is 0 Å². The summed E-state index contributed by atoms with van der Waals surface area (Å²) in [5.74, 6) is 1.30. The molecule has 162 valence electrons. The zero-order valence-corrected chi connectivity index (χ0v) is 18.3. The third-order valence-electron chi connectivity index (χ3n) is 5.08. The molecule has 3 aliphatic rings. The first kappa shape index (κ1) is 20.9. The van der Waals surface area contributed by atoms with Crippen LogP contribution in [0.3, 0.4) is 0 Å². The third-order valence-corrected chi connectivity index (χ3v) is 6.03. The number of fused-ring (bicyclic) bond motifs is 1. The van der Waals surface area contributed by atoms with Crippen LogP contribution in [0.1, 0.15) is 20.3 Å². The predicted molar refractivity (Wildman–Crippen MR) is 120 cm³/mol. The van der Waals surface area contributed by atoms with Gasteiger partial charge in [-0.1, -0.05) is 11.8 Å². The van der Waals surface area contributed by atoms with Crippen LogP contribution in [0.5, 0.6) is 11.5 Å². The number of nitrogens with one attached hydrogen (secondary N) is 1. The highest BCUT2D eigenvalue weighted by Gasteiger charge is 2.28. The van der Waals surface area contributed by atoms with E-state index in [2.05, 4.69) is 20.1 Å². The number of hydrogen-bond donors (Lipinski definition) is 1. The first-order valence-electron chi connectivity index (χ1n) is 10.4. The molecule has 1 saturated heterocycles. The second-order valence-electron chi connectivity index (χ2n) is 7.05. The van der Waals surface area contributed by atoms with Crippen LogP contribution in [0, 0.1) is 0 Å². The normalized spacial score (nSPS) is 18.1. The summed E-state index contributed by atoms with van der Waals surface area (Å²) >= 11 is 1.58. The molecule has 0 aromatic heterocycles. The van der Waals surface area contributed by atoms with Gasteiger partial charge >= 0.3 is 0 Å². The van der Waals surface area contributed by atoms with E-state index in [1.807, 2.05) is 31.4 Å². The van der Waals surface area contributed by atoms with Crippen LogP contribution in [-0.2, 0) is 9.53 Å². The zero-order chi connectivity index (χ0) is 20.9. The number of carbonyl (C=O) groups is 1. The number of hydrogen-bond acceptors (Lipinski definition) is 8. The number of amides is 1. The van der Waals surface area contributed by atoms with Crippen LogP contribution in [0.2, 0.25) is 0 Å². The van der Waals surface area contributed by atoms with Crippen molar-refractivity contribution >= 4 is 34.2 Å². The van der Waals surface area contributed by atoms with Gasteiger partial charge in [0.05, 0.1) is 50.8 Å². The molecule has 1 N–H and O–H groups in total. The van der Waals surface area contributed by atoms with Gasteiger partial charge in [0.2, 0.25) is 5.91 Å². The Labute approximate surface area is 181 Å². The van der Waals surface area contributed by atoms with Crippen molar-refractivity contribution in [3.05, 3.63) is 23.2 Å². The summed E-state index contributed by atoms with van der Waals surface area (Å²) in [6.07, 6.45) is 0.298. The molecule has 9 heteroatoms. The molecule has 0 saturated carbocycles. The summed E-state index contributed by atoms with van der Waals surface area (Å²) in [5.41, 5.74) is 2.58. The number of amidine groups is 1. The van der Waals surface area contributed by atoms with Crippen molar-refractivity contribution < 1.29 is 19.0 Å². The maximum absolute atomic E-state index is 12.8. The van der Waals surface area contributed by atoms with Crippen LogP contribution >= 0.6 is 11.8 Å². The van der Waals surface area contributed by atoms with E-state index in [0.29, 0.717) is 44.3 Å². The van der Waals surface area contributed by atoms with Crippen molar-refractivity contribution in [3.8, 4) is 11.5 Å². The highest BCUT2D eigenvalue weighted by molar-refractivity contribution is 8.16. The van der Waals surface area contributed by atoms with E-state index in [0.717, 1.165) is 48.5 Å². The predicted octanol–water partition coefficient (Wildman–Crippen LogP) is 2.91. The van der Waals surface area contributed by atoms with Crippen LogP contribution in [0.25, 0.3) is 0 Å². The van der Waals surface area contributed by atoms with E-state index in [-0.39, 0.29) is 5.91 Å². The zero-order valence-electron chi connectivity index (χ0n) is 17.5. The molecule has 0 spiro atoms. The van der Waals surface area contributed by atoms with Gasteiger partial charge in [-0.3, -0.25) is 9.79 Å². The number of thioether (sulfide) groups is 1. The Morgan fingerprint density at radius 3 is 2.70 bits per heavy atom. The maximum atomic E-state index is 12.8. The summed E-state index contributed by atoms with van der Waals surface area (Å²) in [4.78, 5) is 21.6. The lowest BCUT2D eigenvalue weighted by Gasteiger charge is -2.31. The number of anilines is 2. The molecule has 1 aromatic carbocycles. The van der Waals surface area contributed by atoms with Gasteiger partial charge in [0.25, 0.3) is 0 Å². The highest BCUT2D eigenvalue weighted by atomic mass is 32.2. The SMILES string of the molecule is CCOc1cc(N2CCOCC2)c(OCC)cc1NC(=O)CC1=CSC2=NCCN12. The average Bonchev–Trinajstić information content (AvgIpc) is 3.36. The fourth-order valence-corrected chi connectivity index (χ4v) is 4.67. The first-order chi connectivity index (χ1) is 14.7. The van der Waals surface area contributed by atoms with Crippen LogP contribution in [-0.4, -0.2) is 68.6 Å². The third kappa shape index (κ3) is 4.52. The minimum absolute atomic E-state index is 0.0856. The monoisotopic (exact) mass is 432 g/mol. The minimum Gasteiger partial charge on any atom is -0.492 e. The van der Waals surface area contributed by atoms with Crippen LogP contribution < -0.4 is 19.7 Å². The second-order valence-corrected chi connectivity index (χ2v) is 7.89. The van der Waals surface area contributed by atoms with Crippen molar-refractivity contribution in [1.29, 1.82) is 0 Å². The van der Waals surface area contributed by atoms with E-state index < -0.39 is 0 Å².